The quantitative estimate of drug-likeness (QED) is 0.783. The molecule has 0 fully saturated rings. The Morgan fingerprint density at radius 1 is 1.23 bits per heavy atom. The average Bonchev–Trinajstić information content (AvgIpc) is 3.00. The molecule has 1 aromatic carbocycles. The highest BCUT2D eigenvalue weighted by atomic mass is 16.1. The van der Waals surface area contributed by atoms with Crippen LogP contribution in [0.1, 0.15) is 21.7 Å². The number of hydrogen-bond acceptors (Lipinski definition) is 5. The molecule has 1 amide bonds. The van der Waals surface area contributed by atoms with Gasteiger partial charge in [0.1, 0.15) is 0 Å². The standard InChI is InChI=1S/C15H14N6O/c1-11-18-19-20-21(11)14-4-2-3-13(9-14)15(22)17-10-12-5-7-16-8-6-12/h2-9H,10H2,1H3,(H,17,22). The summed E-state index contributed by atoms with van der Waals surface area (Å²) in [4.78, 5) is 16.2. The van der Waals surface area contributed by atoms with Crippen LogP contribution in [-0.4, -0.2) is 31.1 Å². The molecule has 0 atom stereocenters. The maximum absolute atomic E-state index is 12.2. The largest absolute Gasteiger partial charge is 0.348 e. The molecule has 0 spiro atoms. The summed E-state index contributed by atoms with van der Waals surface area (Å²) in [7, 11) is 0. The van der Waals surface area contributed by atoms with E-state index in [0.717, 1.165) is 11.3 Å². The Morgan fingerprint density at radius 2 is 2.05 bits per heavy atom. The van der Waals surface area contributed by atoms with Gasteiger partial charge >= 0.3 is 0 Å². The normalized spacial score (nSPS) is 10.4. The third-order valence-corrected chi connectivity index (χ3v) is 3.18. The first-order chi connectivity index (χ1) is 10.7. The van der Waals surface area contributed by atoms with Gasteiger partial charge in [0.15, 0.2) is 5.82 Å². The van der Waals surface area contributed by atoms with E-state index in [1.54, 1.807) is 42.2 Å². The van der Waals surface area contributed by atoms with Crippen LogP contribution in [0.5, 0.6) is 0 Å². The van der Waals surface area contributed by atoms with Gasteiger partial charge in [0.2, 0.25) is 0 Å². The number of tetrazole rings is 1. The molecule has 0 saturated carbocycles. The predicted octanol–water partition coefficient (Wildman–Crippen LogP) is 1.30. The van der Waals surface area contributed by atoms with E-state index < -0.39 is 0 Å². The van der Waals surface area contributed by atoms with Crippen molar-refractivity contribution in [1.29, 1.82) is 0 Å². The van der Waals surface area contributed by atoms with E-state index >= 15 is 0 Å². The predicted molar refractivity (Wildman–Crippen MR) is 79.3 cm³/mol. The van der Waals surface area contributed by atoms with Crippen LogP contribution in [0.2, 0.25) is 0 Å². The number of hydrogen-bond donors (Lipinski definition) is 1. The first kappa shape index (κ1) is 13.9. The molecular weight excluding hydrogens is 280 g/mol. The van der Waals surface area contributed by atoms with Crippen molar-refractivity contribution in [1.82, 2.24) is 30.5 Å². The van der Waals surface area contributed by atoms with Crippen molar-refractivity contribution in [2.24, 2.45) is 0 Å². The maximum atomic E-state index is 12.2. The lowest BCUT2D eigenvalue weighted by molar-refractivity contribution is 0.0951. The van der Waals surface area contributed by atoms with Crippen LogP contribution in [0.15, 0.2) is 48.8 Å². The van der Waals surface area contributed by atoms with Crippen LogP contribution in [0.4, 0.5) is 0 Å². The van der Waals surface area contributed by atoms with Crippen molar-refractivity contribution >= 4 is 5.91 Å². The number of nitrogens with zero attached hydrogens (tertiary/aromatic N) is 5. The summed E-state index contributed by atoms with van der Waals surface area (Å²) in [6, 6.07) is 10.9. The molecule has 0 bridgehead atoms. The van der Waals surface area contributed by atoms with Gasteiger partial charge in [-0.15, -0.1) is 5.10 Å². The van der Waals surface area contributed by atoms with Crippen LogP contribution >= 0.6 is 0 Å². The van der Waals surface area contributed by atoms with E-state index in [4.69, 9.17) is 0 Å². The molecule has 3 rings (SSSR count). The minimum atomic E-state index is -0.149. The highest BCUT2D eigenvalue weighted by molar-refractivity contribution is 5.94. The zero-order valence-corrected chi connectivity index (χ0v) is 12.0. The molecule has 1 N–H and O–H groups in total. The Bertz CT molecular complexity index is 783. The Hall–Kier alpha value is -3.09. The van der Waals surface area contributed by atoms with Crippen molar-refractivity contribution in [3.63, 3.8) is 0 Å². The topological polar surface area (TPSA) is 85.6 Å². The zero-order chi connectivity index (χ0) is 15.4. The third kappa shape index (κ3) is 2.98. The van der Waals surface area contributed by atoms with E-state index in [1.165, 1.54) is 0 Å². The van der Waals surface area contributed by atoms with Crippen LogP contribution < -0.4 is 5.32 Å². The molecule has 0 radical (unpaired) electrons. The summed E-state index contributed by atoms with van der Waals surface area (Å²) < 4.78 is 1.58. The van der Waals surface area contributed by atoms with E-state index in [2.05, 4.69) is 25.8 Å². The van der Waals surface area contributed by atoms with Gasteiger partial charge in [-0.3, -0.25) is 9.78 Å². The smallest absolute Gasteiger partial charge is 0.251 e. The lowest BCUT2D eigenvalue weighted by Gasteiger charge is -2.07. The minimum Gasteiger partial charge on any atom is -0.348 e. The second-order valence-corrected chi connectivity index (χ2v) is 4.73. The van der Waals surface area contributed by atoms with E-state index in [0.29, 0.717) is 17.9 Å². The van der Waals surface area contributed by atoms with Crippen LogP contribution in [0, 0.1) is 6.92 Å². The number of carbonyl (C=O) groups excluding carboxylic acids is 1. The maximum Gasteiger partial charge on any atom is 0.251 e. The van der Waals surface area contributed by atoms with Crippen molar-refractivity contribution < 1.29 is 4.79 Å². The molecule has 22 heavy (non-hydrogen) atoms. The number of aryl methyl sites for hydroxylation is 1. The number of rotatable bonds is 4. The van der Waals surface area contributed by atoms with Gasteiger partial charge < -0.3 is 5.32 Å². The third-order valence-electron chi connectivity index (χ3n) is 3.18. The van der Waals surface area contributed by atoms with Gasteiger partial charge in [0, 0.05) is 24.5 Å². The fraction of sp³-hybridized carbons (Fsp3) is 0.133. The summed E-state index contributed by atoms with van der Waals surface area (Å²) >= 11 is 0. The summed E-state index contributed by atoms with van der Waals surface area (Å²) in [5.74, 6) is 0.513. The Kier molecular flexibility index (Phi) is 3.86. The molecule has 3 aromatic rings. The van der Waals surface area contributed by atoms with Gasteiger partial charge in [-0.05, 0) is 53.2 Å². The monoisotopic (exact) mass is 294 g/mol. The minimum absolute atomic E-state index is 0.149. The molecule has 2 aromatic heterocycles. The number of pyridine rings is 1. The Balaban J connectivity index is 1.75. The molecule has 0 aliphatic heterocycles. The highest BCUT2D eigenvalue weighted by Crippen LogP contribution is 2.10. The van der Waals surface area contributed by atoms with Crippen LogP contribution in [0.3, 0.4) is 0 Å². The number of aromatic nitrogens is 5. The molecule has 0 aliphatic carbocycles. The molecule has 110 valence electrons. The molecule has 0 unspecified atom stereocenters. The fourth-order valence-electron chi connectivity index (χ4n) is 2.03. The van der Waals surface area contributed by atoms with Gasteiger partial charge in [0.05, 0.1) is 5.69 Å². The van der Waals surface area contributed by atoms with E-state index in [1.807, 2.05) is 18.2 Å². The van der Waals surface area contributed by atoms with Crippen molar-refractivity contribution in [2.75, 3.05) is 0 Å². The number of amides is 1. The lowest BCUT2D eigenvalue weighted by atomic mass is 10.2. The molecule has 0 aliphatic rings. The highest BCUT2D eigenvalue weighted by Gasteiger charge is 2.09. The molecule has 2 heterocycles. The van der Waals surface area contributed by atoms with E-state index in [9.17, 15) is 4.79 Å². The van der Waals surface area contributed by atoms with Crippen LogP contribution in [0.25, 0.3) is 5.69 Å². The van der Waals surface area contributed by atoms with Gasteiger partial charge in [-0.1, -0.05) is 6.07 Å². The van der Waals surface area contributed by atoms with Crippen molar-refractivity contribution in [3.8, 4) is 5.69 Å². The number of nitrogens with one attached hydrogen (secondary N) is 1. The molecule has 7 heteroatoms. The van der Waals surface area contributed by atoms with Crippen LogP contribution in [-0.2, 0) is 6.54 Å². The lowest BCUT2D eigenvalue weighted by Crippen LogP contribution is -2.23. The second-order valence-electron chi connectivity index (χ2n) is 4.73. The van der Waals surface area contributed by atoms with Gasteiger partial charge in [-0.25, -0.2) is 0 Å². The summed E-state index contributed by atoms with van der Waals surface area (Å²) in [6.45, 7) is 2.26. The summed E-state index contributed by atoms with van der Waals surface area (Å²) in [6.07, 6.45) is 3.39. The summed E-state index contributed by atoms with van der Waals surface area (Å²) in [5.41, 5.74) is 2.30. The molecule has 7 nitrogen and oxygen atoms in total. The second kappa shape index (κ2) is 6.13. The van der Waals surface area contributed by atoms with Crippen molar-refractivity contribution in [2.45, 2.75) is 13.5 Å². The average molecular weight is 294 g/mol. The summed E-state index contributed by atoms with van der Waals surface area (Å²) in [5, 5.41) is 14.2. The first-order valence-corrected chi connectivity index (χ1v) is 6.76. The van der Waals surface area contributed by atoms with Gasteiger partial charge in [0.25, 0.3) is 5.91 Å². The SMILES string of the molecule is Cc1nnnn1-c1cccc(C(=O)NCc2ccncc2)c1. The first-order valence-electron chi connectivity index (χ1n) is 6.76. The zero-order valence-electron chi connectivity index (χ0n) is 12.0. The van der Waals surface area contributed by atoms with Crippen molar-refractivity contribution in [3.05, 3.63) is 65.7 Å². The van der Waals surface area contributed by atoms with E-state index in [-0.39, 0.29) is 5.91 Å². The fourth-order valence-corrected chi connectivity index (χ4v) is 2.03. The molecule has 0 saturated heterocycles. The Labute approximate surface area is 127 Å². The number of carbonyl (C=O) groups is 1. The number of benzene rings is 1. The molecular formula is C15H14N6O. The Morgan fingerprint density at radius 3 is 2.77 bits per heavy atom. The van der Waals surface area contributed by atoms with Gasteiger partial charge in [-0.2, -0.15) is 4.68 Å².